The Morgan fingerprint density at radius 3 is 2.90 bits per heavy atom. The first-order valence-corrected chi connectivity index (χ1v) is 8.64. The molecule has 5 heteroatoms. The van der Waals surface area contributed by atoms with Crippen LogP contribution in [0, 0.1) is 6.92 Å². The summed E-state index contributed by atoms with van der Waals surface area (Å²) in [6.45, 7) is 4.98. The number of hydrogen-bond donors (Lipinski definition) is 1. The van der Waals surface area contributed by atoms with Crippen LogP contribution in [-0.4, -0.2) is 9.97 Å². The van der Waals surface area contributed by atoms with Crippen molar-refractivity contribution in [3.8, 4) is 11.3 Å². The highest BCUT2D eigenvalue weighted by Crippen LogP contribution is 2.24. The third-order valence-corrected chi connectivity index (χ3v) is 5.06. The molecule has 0 spiro atoms. The first kappa shape index (κ1) is 14.2. The van der Waals surface area contributed by atoms with E-state index in [1.807, 2.05) is 13.1 Å². The second-order valence-electron chi connectivity index (χ2n) is 4.76. The van der Waals surface area contributed by atoms with Gasteiger partial charge in [0.15, 0.2) is 0 Å². The van der Waals surface area contributed by atoms with Crippen LogP contribution in [0.25, 0.3) is 11.3 Å². The third-order valence-electron chi connectivity index (χ3n) is 3.15. The molecule has 1 aromatic carbocycles. The van der Waals surface area contributed by atoms with E-state index >= 15 is 0 Å². The molecule has 0 unspecified atom stereocenters. The van der Waals surface area contributed by atoms with Crippen LogP contribution >= 0.6 is 22.7 Å². The van der Waals surface area contributed by atoms with Crippen LogP contribution in [0.1, 0.15) is 21.8 Å². The molecule has 0 saturated heterocycles. The Morgan fingerprint density at radius 1 is 1.29 bits per heavy atom. The molecule has 3 aromatic rings. The number of anilines is 1. The van der Waals surface area contributed by atoms with Crippen LogP contribution in [0.5, 0.6) is 0 Å². The maximum Gasteiger partial charge on any atom is 0.0925 e. The lowest BCUT2D eigenvalue weighted by Crippen LogP contribution is -1.97. The summed E-state index contributed by atoms with van der Waals surface area (Å²) in [6, 6.07) is 8.40. The zero-order chi connectivity index (χ0) is 14.7. The summed E-state index contributed by atoms with van der Waals surface area (Å²) in [7, 11) is 0. The van der Waals surface area contributed by atoms with E-state index < -0.39 is 0 Å². The van der Waals surface area contributed by atoms with Crippen molar-refractivity contribution in [2.45, 2.75) is 26.8 Å². The van der Waals surface area contributed by atoms with Crippen molar-refractivity contribution in [2.24, 2.45) is 0 Å². The number of aromatic nitrogens is 2. The van der Waals surface area contributed by atoms with Crippen molar-refractivity contribution in [2.75, 3.05) is 5.32 Å². The maximum absolute atomic E-state index is 4.54. The van der Waals surface area contributed by atoms with E-state index in [0.717, 1.165) is 34.9 Å². The van der Waals surface area contributed by atoms with Gasteiger partial charge >= 0.3 is 0 Å². The van der Waals surface area contributed by atoms with Crippen LogP contribution in [0.2, 0.25) is 0 Å². The van der Waals surface area contributed by atoms with Crippen molar-refractivity contribution in [3.63, 3.8) is 0 Å². The van der Waals surface area contributed by atoms with E-state index in [1.165, 1.54) is 9.88 Å². The van der Waals surface area contributed by atoms with Gasteiger partial charge in [0.2, 0.25) is 0 Å². The second kappa shape index (κ2) is 6.37. The van der Waals surface area contributed by atoms with Crippen LogP contribution < -0.4 is 5.32 Å². The summed E-state index contributed by atoms with van der Waals surface area (Å²) in [5.41, 5.74) is 3.32. The molecular formula is C16H17N3S2. The number of aryl methyl sites for hydroxylation is 2. The van der Waals surface area contributed by atoms with Crippen LogP contribution in [0.3, 0.4) is 0 Å². The van der Waals surface area contributed by atoms with E-state index in [2.05, 4.69) is 51.9 Å². The predicted octanol–water partition coefficient (Wildman–Crippen LogP) is 4.75. The van der Waals surface area contributed by atoms with Gasteiger partial charge in [0.05, 0.1) is 22.3 Å². The molecule has 108 valence electrons. The topological polar surface area (TPSA) is 37.8 Å². The van der Waals surface area contributed by atoms with Crippen LogP contribution in [-0.2, 0) is 13.0 Å². The fraction of sp³-hybridized carbons (Fsp3) is 0.250. The fourth-order valence-electron chi connectivity index (χ4n) is 2.07. The monoisotopic (exact) mass is 315 g/mol. The SMILES string of the molecule is CCc1ncc(CNc2cccc(-c3csc(C)n3)c2)s1. The molecule has 0 atom stereocenters. The van der Waals surface area contributed by atoms with Gasteiger partial charge in [-0.2, -0.15) is 0 Å². The molecule has 3 rings (SSSR count). The summed E-state index contributed by atoms with van der Waals surface area (Å²) in [5, 5.41) is 7.85. The number of hydrogen-bond acceptors (Lipinski definition) is 5. The molecule has 21 heavy (non-hydrogen) atoms. The fourth-order valence-corrected chi connectivity index (χ4v) is 3.49. The number of rotatable bonds is 5. The number of thiazole rings is 2. The molecule has 2 heterocycles. The minimum atomic E-state index is 0.817. The molecule has 0 fully saturated rings. The highest BCUT2D eigenvalue weighted by Gasteiger charge is 2.04. The molecule has 3 nitrogen and oxygen atoms in total. The van der Waals surface area contributed by atoms with E-state index in [-0.39, 0.29) is 0 Å². The summed E-state index contributed by atoms with van der Waals surface area (Å²) >= 11 is 3.45. The first-order valence-electron chi connectivity index (χ1n) is 6.94. The normalized spacial score (nSPS) is 10.8. The van der Waals surface area contributed by atoms with Gasteiger partial charge in [-0.25, -0.2) is 9.97 Å². The summed E-state index contributed by atoms with van der Waals surface area (Å²) < 4.78 is 0. The molecule has 0 saturated carbocycles. The Bertz CT molecular complexity index is 730. The predicted molar refractivity (Wildman–Crippen MR) is 91.1 cm³/mol. The third kappa shape index (κ3) is 3.49. The van der Waals surface area contributed by atoms with Crippen molar-refractivity contribution in [3.05, 3.63) is 50.7 Å². The molecule has 0 aliphatic heterocycles. The van der Waals surface area contributed by atoms with Crippen molar-refractivity contribution in [1.82, 2.24) is 9.97 Å². The zero-order valence-corrected chi connectivity index (χ0v) is 13.7. The minimum absolute atomic E-state index is 0.817. The Morgan fingerprint density at radius 2 is 2.19 bits per heavy atom. The minimum Gasteiger partial charge on any atom is -0.380 e. The van der Waals surface area contributed by atoms with Gasteiger partial charge in [-0.3, -0.25) is 0 Å². The van der Waals surface area contributed by atoms with Crippen LogP contribution in [0.4, 0.5) is 5.69 Å². The molecule has 0 amide bonds. The lowest BCUT2D eigenvalue weighted by atomic mass is 10.1. The average Bonchev–Trinajstić information content (AvgIpc) is 3.14. The Hall–Kier alpha value is -1.72. The summed E-state index contributed by atoms with van der Waals surface area (Å²) in [6.07, 6.45) is 2.97. The first-order chi connectivity index (χ1) is 10.2. The van der Waals surface area contributed by atoms with E-state index in [1.54, 1.807) is 22.7 Å². The molecule has 0 bridgehead atoms. The second-order valence-corrected chi connectivity index (χ2v) is 7.02. The number of benzene rings is 1. The van der Waals surface area contributed by atoms with E-state index in [0.29, 0.717) is 0 Å². The van der Waals surface area contributed by atoms with E-state index in [9.17, 15) is 0 Å². The quantitative estimate of drug-likeness (QED) is 0.738. The van der Waals surface area contributed by atoms with Crippen molar-refractivity contribution >= 4 is 28.4 Å². The van der Waals surface area contributed by atoms with Crippen molar-refractivity contribution in [1.29, 1.82) is 0 Å². The number of nitrogens with zero attached hydrogens (tertiary/aromatic N) is 2. The largest absolute Gasteiger partial charge is 0.380 e. The standard InChI is InChI=1S/C16H17N3S2/c1-3-16-18-9-14(21-16)8-17-13-6-4-5-12(7-13)15-10-20-11(2)19-15/h4-7,9-10,17H,3,8H2,1-2H3. The lowest BCUT2D eigenvalue weighted by Gasteiger charge is -2.06. The Labute approximate surface area is 132 Å². The Balaban J connectivity index is 1.71. The van der Waals surface area contributed by atoms with Gasteiger partial charge in [-0.15, -0.1) is 22.7 Å². The maximum atomic E-state index is 4.54. The summed E-state index contributed by atoms with van der Waals surface area (Å²) in [5.74, 6) is 0. The molecule has 0 aliphatic carbocycles. The van der Waals surface area contributed by atoms with Gasteiger partial charge in [0, 0.05) is 27.7 Å². The van der Waals surface area contributed by atoms with Gasteiger partial charge in [0.25, 0.3) is 0 Å². The Kier molecular flexibility index (Phi) is 4.31. The number of nitrogens with one attached hydrogen (secondary N) is 1. The van der Waals surface area contributed by atoms with Crippen LogP contribution in [0.15, 0.2) is 35.8 Å². The molecule has 0 radical (unpaired) electrons. The molecule has 1 N–H and O–H groups in total. The zero-order valence-electron chi connectivity index (χ0n) is 12.1. The highest BCUT2D eigenvalue weighted by molar-refractivity contribution is 7.11. The van der Waals surface area contributed by atoms with Gasteiger partial charge in [0.1, 0.15) is 0 Å². The van der Waals surface area contributed by atoms with Gasteiger partial charge in [-0.1, -0.05) is 19.1 Å². The average molecular weight is 315 g/mol. The van der Waals surface area contributed by atoms with Gasteiger partial charge in [-0.05, 0) is 25.5 Å². The molecule has 2 aromatic heterocycles. The summed E-state index contributed by atoms with van der Waals surface area (Å²) in [4.78, 5) is 10.2. The lowest BCUT2D eigenvalue weighted by molar-refractivity contribution is 1.09. The smallest absolute Gasteiger partial charge is 0.0925 e. The molecule has 0 aliphatic rings. The molecular weight excluding hydrogens is 298 g/mol. The highest BCUT2D eigenvalue weighted by atomic mass is 32.1. The van der Waals surface area contributed by atoms with Gasteiger partial charge < -0.3 is 5.32 Å². The van der Waals surface area contributed by atoms with E-state index in [4.69, 9.17) is 0 Å². The van der Waals surface area contributed by atoms with Crippen molar-refractivity contribution < 1.29 is 0 Å².